The smallest absolute Gasteiger partial charge is 0.0459 e. The first kappa shape index (κ1) is 18.3. The Morgan fingerprint density at radius 2 is 1.38 bits per heavy atom. The van der Waals surface area contributed by atoms with Crippen LogP contribution in [-0.4, -0.2) is 18.3 Å². The van der Waals surface area contributed by atoms with Crippen LogP contribution < -0.4 is 5.73 Å². The fourth-order valence-electron chi connectivity index (χ4n) is 1.50. The van der Waals surface area contributed by atoms with Gasteiger partial charge >= 0.3 is 0 Å². The second kappa shape index (κ2) is 17.3. The molecule has 16 heavy (non-hydrogen) atoms. The maximum Gasteiger partial charge on any atom is 0.0459 e. The van der Waals surface area contributed by atoms with Gasteiger partial charge in [-0.05, 0) is 31.7 Å². The molecule has 0 rings (SSSR count). The van der Waals surface area contributed by atoms with Gasteiger partial charge in [0.1, 0.15) is 0 Å². The molecule has 0 amide bonds. The number of hydrogen-bond acceptors (Lipinski definition) is 2. The van der Waals surface area contributed by atoms with Gasteiger partial charge in [0.15, 0.2) is 0 Å². The molecule has 0 aliphatic rings. The summed E-state index contributed by atoms with van der Waals surface area (Å²) >= 11 is 0. The van der Waals surface area contributed by atoms with Crippen LogP contribution in [0.3, 0.4) is 0 Å². The Bertz CT molecular complexity index is 105. The van der Waals surface area contributed by atoms with Gasteiger partial charge in [-0.25, -0.2) is 0 Å². The number of nitrogens with two attached hydrogens (primary N) is 1. The monoisotopic (exact) mass is 231 g/mol. The van der Waals surface area contributed by atoms with Gasteiger partial charge in [0.25, 0.3) is 0 Å². The third-order valence-corrected chi connectivity index (χ3v) is 2.73. The summed E-state index contributed by atoms with van der Waals surface area (Å²) in [5.74, 6) is 0.580. The lowest BCUT2D eigenvalue weighted by Gasteiger charge is -2.12. The van der Waals surface area contributed by atoms with Crippen LogP contribution in [0.15, 0.2) is 0 Å². The van der Waals surface area contributed by atoms with Crippen molar-refractivity contribution in [1.29, 1.82) is 0 Å². The Morgan fingerprint density at radius 1 is 0.875 bits per heavy atom. The van der Waals surface area contributed by atoms with E-state index in [0.717, 1.165) is 13.0 Å². The predicted octanol–water partition coefficient (Wildman–Crippen LogP) is 3.72. The van der Waals surface area contributed by atoms with E-state index in [9.17, 15) is 0 Å². The van der Waals surface area contributed by atoms with Crippen molar-refractivity contribution in [3.8, 4) is 0 Å². The molecule has 2 heteroatoms. The summed E-state index contributed by atoms with van der Waals surface area (Å²) in [5, 5.41) is 9.05. The zero-order chi connectivity index (χ0) is 12.6. The van der Waals surface area contributed by atoms with E-state index in [1.807, 2.05) is 0 Å². The van der Waals surface area contributed by atoms with E-state index in [0.29, 0.717) is 12.5 Å². The van der Waals surface area contributed by atoms with Crippen LogP contribution in [0, 0.1) is 5.92 Å². The summed E-state index contributed by atoms with van der Waals surface area (Å²) in [4.78, 5) is 0. The maximum atomic E-state index is 9.05. The predicted molar refractivity (Wildman–Crippen MR) is 73.6 cm³/mol. The third kappa shape index (κ3) is 16.4. The summed E-state index contributed by atoms with van der Waals surface area (Å²) < 4.78 is 0. The lowest BCUT2D eigenvalue weighted by Crippen LogP contribution is -2.05. The molecule has 3 N–H and O–H groups in total. The second-order valence-electron chi connectivity index (χ2n) is 4.48. The molecule has 0 aliphatic heterocycles. The van der Waals surface area contributed by atoms with E-state index < -0.39 is 0 Å². The highest BCUT2D eigenvalue weighted by atomic mass is 16.3. The van der Waals surface area contributed by atoms with Gasteiger partial charge in [-0.3, -0.25) is 0 Å². The summed E-state index contributed by atoms with van der Waals surface area (Å²) in [5.41, 5.74) is 5.03. The van der Waals surface area contributed by atoms with Crippen molar-refractivity contribution in [2.75, 3.05) is 13.2 Å². The van der Waals surface area contributed by atoms with Crippen LogP contribution in [-0.2, 0) is 0 Å². The van der Waals surface area contributed by atoms with Gasteiger partial charge in [-0.1, -0.05) is 52.9 Å². The first-order valence-corrected chi connectivity index (χ1v) is 7.07. The van der Waals surface area contributed by atoms with E-state index in [1.54, 1.807) is 0 Å². The van der Waals surface area contributed by atoms with Crippen LogP contribution in [0.5, 0.6) is 0 Å². The van der Waals surface area contributed by atoms with Gasteiger partial charge in [0.05, 0.1) is 0 Å². The highest BCUT2D eigenvalue weighted by Gasteiger charge is 2.05. The Balaban J connectivity index is 0. The van der Waals surface area contributed by atoms with Crippen molar-refractivity contribution < 1.29 is 5.11 Å². The minimum absolute atomic E-state index is 0.393. The molecule has 0 saturated carbocycles. The molecular weight excluding hydrogens is 198 g/mol. The average Bonchev–Trinajstić information content (AvgIpc) is 2.34. The summed E-state index contributed by atoms with van der Waals surface area (Å²) in [6.45, 7) is 7.70. The van der Waals surface area contributed by atoms with Crippen molar-refractivity contribution in [1.82, 2.24) is 0 Å². The van der Waals surface area contributed by atoms with Gasteiger partial charge < -0.3 is 10.8 Å². The van der Waals surface area contributed by atoms with Crippen molar-refractivity contribution in [2.45, 2.75) is 72.1 Å². The van der Waals surface area contributed by atoms with Crippen LogP contribution in [0.1, 0.15) is 72.1 Å². The van der Waals surface area contributed by atoms with E-state index in [4.69, 9.17) is 10.8 Å². The van der Waals surface area contributed by atoms with Gasteiger partial charge in [-0.2, -0.15) is 0 Å². The Hall–Kier alpha value is -0.0800. The molecule has 0 radical (unpaired) electrons. The molecule has 1 atom stereocenters. The molecule has 100 valence electrons. The molecular formula is C14H33NO. The standard InChI is InChI=1S/C11H24O.C3H9N/c1-3-5-7-9-11(10-12)8-6-4-2;1-2-3-4/h11-12H,3-10H2,1-2H3;2-4H2,1H3. The van der Waals surface area contributed by atoms with Crippen molar-refractivity contribution in [2.24, 2.45) is 11.7 Å². The minimum Gasteiger partial charge on any atom is -0.396 e. The molecule has 0 heterocycles. The molecule has 0 aromatic rings. The second-order valence-corrected chi connectivity index (χ2v) is 4.48. The zero-order valence-corrected chi connectivity index (χ0v) is 11.7. The van der Waals surface area contributed by atoms with Gasteiger partial charge in [-0.15, -0.1) is 0 Å². The van der Waals surface area contributed by atoms with Crippen molar-refractivity contribution in [3.63, 3.8) is 0 Å². The Morgan fingerprint density at radius 3 is 1.75 bits per heavy atom. The number of hydrogen-bond donors (Lipinski definition) is 2. The first-order valence-electron chi connectivity index (χ1n) is 7.07. The van der Waals surface area contributed by atoms with Gasteiger partial charge in [0.2, 0.25) is 0 Å². The minimum atomic E-state index is 0.393. The summed E-state index contributed by atoms with van der Waals surface area (Å²) in [6.07, 6.45) is 9.97. The fraction of sp³-hybridized carbons (Fsp3) is 1.00. The van der Waals surface area contributed by atoms with Crippen LogP contribution in [0.4, 0.5) is 0 Å². The lowest BCUT2D eigenvalue weighted by atomic mass is 9.96. The normalized spacial score (nSPS) is 11.8. The van der Waals surface area contributed by atoms with Crippen LogP contribution >= 0.6 is 0 Å². The number of rotatable bonds is 9. The molecule has 0 saturated heterocycles. The molecule has 0 fully saturated rings. The van der Waals surface area contributed by atoms with E-state index in [1.165, 1.54) is 44.9 Å². The molecule has 1 unspecified atom stereocenters. The molecule has 0 spiro atoms. The van der Waals surface area contributed by atoms with Crippen molar-refractivity contribution in [3.05, 3.63) is 0 Å². The number of unbranched alkanes of at least 4 members (excludes halogenated alkanes) is 3. The molecule has 0 aromatic carbocycles. The highest BCUT2D eigenvalue weighted by molar-refractivity contribution is 4.57. The Labute approximate surface area is 103 Å². The van der Waals surface area contributed by atoms with E-state index in [-0.39, 0.29) is 0 Å². The van der Waals surface area contributed by atoms with E-state index >= 15 is 0 Å². The maximum absolute atomic E-state index is 9.05. The summed E-state index contributed by atoms with van der Waals surface area (Å²) in [6, 6.07) is 0. The zero-order valence-electron chi connectivity index (χ0n) is 11.7. The Kier molecular flexibility index (Phi) is 19.8. The average molecular weight is 231 g/mol. The molecule has 0 aromatic heterocycles. The number of aliphatic hydroxyl groups excluding tert-OH is 1. The third-order valence-electron chi connectivity index (χ3n) is 2.73. The molecule has 0 bridgehead atoms. The van der Waals surface area contributed by atoms with Gasteiger partial charge in [0, 0.05) is 6.61 Å². The quantitative estimate of drug-likeness (QED) is 0.594. The lowest BCUT2D eigenvalue weighted by molar-refractivity contribution is 0.205. The fourth-order valence-corrected chi connectivity index (χ4v) is 1.50. The summed E-state index contributed by atoms with van der Waals surface area (Å²) in [7, 11) is 0. The topological polar surface area (TPSA) is 46.2 Å². The largest absolute Gasteiger partial charge is 0.396 e. The number of aliphatic hydroxyl groups is 1. The first-order chi connectivity index (χ1) is 7.76. The highest BCUT2D eigenvalue weighted by Crippen LogP contribution is 2.15. The molecule has 2 nitrogen and oxygen atoms in total. The van der Waals surface area contributed by atoms with Crippen LogP contribution in [0.2, 0.25) is 0 Å². The van der Waals surface area contributed by atoms with Crippen molar-refractivity contribution >= 4 is 0 Å². The van der Waals surface area contributed by atoms with E-state index in [2.05, 4.69) is 20.8 Å². The van der Waals surface area contributed by atoms with Crippen LogP contribution in [0.25, 0.3) is 0 Å². The molecule has 0 aliphatic carbocycles. The SMILES string of the molecule is CCCCCC(CO)CCCC.CCCN.